The van der Waals surface area contributed by atoms with Crippen LogP contribution in [0.1, 0.15) is 6.42 Å². The Kier molecular flexibility index (Phi) is 3.97. The molecule has 0 aliphatic carbocycles. The Balaban J connectivity index is 1.85. The smallest absolute Gasteiger partial charge is 0.418 e. The second-order valence-corrected chi connectivity index (χ2v) is 6.15. The summed E-state index contributed by atoms with van der Waals surface area (Å²) in [5.41, 5.74) is 4.87. The van der Waals surface area contributed by atoms with Crippen molar-refractivity contribution < 1.29 is 38.9 Å². The molecule has 0 bridgehead atoms. The van der Waals surface area contributed by atoms with Crippen LogP contribution in [0.3, 0.4) is 0 Å². The number of β-lactam (4-membered cyclic amide) rings is 1. The van der Waals surface area contributed by atoms with Gasteiger partial charge < -0.3 is 20.7 Å². The highest BCUT2D eigenvalue weighted by Crippen LogP contribution is 2.48. The van der Waals surface area contributed by atoms with E-state index >= 15 is 0 Å². The topological polar surface area (TPSA) is 171 Å². The number of nitrogens with two attached hydrogens (primary N) is 1. The highest BCUT2D eigenvalue weighted by molar-refractivity contribution is 6.02. The fraction of sp³-hybridized carbons (Fsp3) is 0.500. The van der Waals surface area contributed by atoms with Gasteiger partial charge in [0.2, 0.25) is 0 Å². The van der Waals surface area contributed by atoms with Gasteiger partial charge in [0, 0.05) is 25.1 Å². The summed E-state index contributed by atoms with van der Waals surface area (Å²) in [6, 6.07) is -2.61. The van der Waals surface area contributed by atoms with E-state index in [4.69, 9.17) is 10.5 Å². The number of ether oxygens (including phenoxy) is 1. The SMILES string of the molecule is CN(C(N)=O)C(=O)OCC1=C(C(=O)O)N2C(=O)[C@@H]3[C@H]2C1CCN3C(=O)O. The van der Waals surface area contributed by atoms with Gasteiger partial charge in [0.05, 0.1) is 6.04 Å². The van der Waals surface area contributed by atoms with Gasteiger partial charge in [-0.05, 0) is 6.42 Å². The van der Waals surface area contributed by atoms with Gasteiger partial charge in [0.1, 0.15) is 18.3 Å². The summed E-state index contributed by atoms with van der Waals surface area (Å²) in [7, 11) is 1.10. The predicted octanol–water partition coefficient (Wildman–Crippen LogP) is -0.935. The zero-order chi connectivity index (χ0) is 19.3. The molecular formula is C14H16N4O8. The Morgan fingerprint density at radius 1 is 1.31 bits per heavy atom. The van der Waals surface area contributed by atoms with Crippen molar-refractivity contribution in [3.63, 3.8) is 0 Å². The van der Waals surface area contributed by atoms with Crippen LogP contribution < -0.4 is 5.73 Å². The van der Waals surface area contributed by atoms with Crippen LogP contribution in [-0.2, 0) is 14.3 Å². The van der Waals surface area contributed by atoms with Crippen LogP contribution in [0.25, 0.3) is 0 Å². The third kappa shape index (κ3) is 2.33. The lowest BCUT2D eigenvalue weighted by atomic mass is 9.78. The van der Waals surface area contributed by atoms with Gasteiger partial charge in [-0.25, -0.2) is 24.1 Å². The highest BCUT2D eigenvalue weighted by Gasteiger charge is 2.64. The molecule has 3 aliphatic heterocycles. The zero-order valence-electron chi connectivity index (χ0n) is 13.6. The molecule has 0 aromatic rings. The molecule has 5 amide bonds. The maximum Gasteiger partial charge on any atom is 0.418 e. The van der Waals surface area contributed by atoms with Crippen molar-refractivity contribution in [2.45, 2.75) is 18.5 Å². The molecule has 0 spiro atoms. The van der Waals surface area contributed by atoms with E-state index in [0.29, 0.717) is 4.90 Å². The molecule has 0 aromatic carbocycles. The average Bonchev–Trinajstić information content (AvgIpc) is 2.90. The summed E-state index contributed by atoms with van der Waals surface area (Å²) >= 11 is 0. The number of amides is 5. The number of hydrogen-bond donors (Lipinski definition) is 3. The summed E-state index contributed by atoms with van der Waals surface area (Å²) in [5.74, 6) is -2.43. The van der Waals surface area contributed by atoms with Gasteiger partial charge in [0.15, 0.2) is 0 Å². The second-order valence-electron chi connectivity index (χ2n) is 6.15. The molecular weight excluding hydrogens is 352 g/mol. The number of piperidine rings is 1. The van der Waals surface area contributed by atoms with E-state index in [0.717, 1.165) is 16.8 Å². The Labute approximate surface area is 146 Å². The van der Waals surface area contributed by atoms with Crippen LogP contribution >= 0.6 is 0 Å². The first kappa shape index (κ1) is 17.5. The Hall–Kier alpha value is -3.31. The summed E-state index contributed by atoms with van der Waals surface area (Å²) in [5, 5.41) is 18.7. The van der Waals surface area contributed by atoms with Gasteiger partial charge in [0.25, 0.3) is 5.91 Å². The maximum atomic E-state index is 12.3. The molecule has 140 valence electrons. The largest absolute Gasteiger partial charge is 0.477 e. The number of carboxylic acid groups (broad SMARTS) is 2. The lowest BCUT2D eigenvalue weighted by Crippen LogP contribution is -2.73. The van der Waals surface area contributed by atoms with Gasteiger partial charge in [-0.1, -0.05) is 0 Å². The molecule has 0 aromatic heterocycles. The van der Waals surface area contributed by atoms with Crippen LogP contribution in [0.4, 0.5) is 14.4 Å². The number of aliphatic carboxylic acids is 1. The number of primary amides is 1. The highest BCUT2D eigenvalue weighted by atomic mass is 16.6. The fourth-order valence-electron chi connectivity index (χ4n) is 3.73. The molecule has 3 heterocycles. The first-order valence-corrected chi connectivity index (χ1v) is 7.65. The summed E-state index contributed by atoms with van der Waals surface area (Å²) in [6.07, 6.45) is -2.02. The Morgan fingerprint density at radius 3 is 2.50 bits per heavy atom. The molecule has 26 heavy (non-hydrogen) atoms. The third-order valence-electron chi connectivity index (χ3n) is 4.94. The number of carboxylic acids is 1. The van der Waals surface area contributed by atoms with Crippen molar-refractivity contribution in [3.05, 3.63) is 11.3 Å². The van der Waals surface area contributed by atoms with Crippen molar-refractivity contribution in [3.8, 4) is 0 Å². The van der Waals surface area contributed by atoms with E-state index in [-0.39, 0.29) is 24.2 Å². The minimum absolute atomic E-state index is 0.0618. The van der Waals surface area contributed by atoms with Gasteiger partial charge in [-0.2, -0.15) is 0 Å². The number of rotatable bonds is 3. The van der Waals surface area contributed by atoms with Gasteiger partial charge in [-0.15, -0.1) is 0 Å². The predicted molar refractivity (Wildman–Crippen MR) is 80.6 cm³/mol. The van der Waals surface area contributed by atoms with E-state index in [1.807, 2.05) is 0 Å². The Bertz CT molecular complexity index is 762. The minimum Gasteiger partial charge on any atom is -0.477 e. The quantitative estimate of drug-likeness (QED) is 0.536. The maximum absolute atomic E-state index is 12.3. The van der Waals surface area contributed by atoms with Crippen LogP contribution in [-0.4, -0.2) is 87.3 Å². The van der Waals surface area contributed by atoms with Crippen LogP contribution in [0.15, 0.2) is 11.3 Å². The summed E-state index contributed by atoms with van der Waals surface area (Å²) in [4.78, 5) is 60.5. The van der Waals surface area contributed by atoms with Crippen molar-refractivity contribution in [2.24, 2.45) is 11.7 Å². The second kappa shape index (κ2) is 5.89. The molecule has 12 heteroatoms. The zero-order valence-corrected chi connectivity index (χ0v) is 13.6. The molecule has 2 fully saturated rings. The molecule has 3 rings (SSSR count). The van der Waals surface area contributed by atoms with Crippen molar-refractivity contribution >= 4 is 30.1 Å². The van der Waals surface area contributed by atoms with Crippen LogP contribution in [0, 0.1) is 5.92 Å². The molecule has 0 radical (unpaired) electrons. The van der Waals surface area contributed by atoms with E-state index in [1.54, 1.807) is 0 Å². The lowest BCUT2D eigenvalue weighted by Gasteiger charge is -2.52. The van der Waals surface area contributed by atoms with Crippen molar-refractivity contribution in [1.29, 1.82) is 0 Å². The van der Waals surface area contributed by atoms with Crippen molar-refractivity contribution in [1.82, 2.24) is 14.7 Å². The number of hydrogen-bond acceptors (Lipinski definition) is 6. The van der Waals surface area contributed by atoms with Crippen molar-refractivity contribution in [2.75, 3.05) is 20.2 Å². The molecule has 12 nitrogen and oxygen atoms in total. The number of carbonyl (C=O) groups is 5. The number of carbonyl (C=O) groups excluding carboxylic acids is 3. The van der Waals surface area contributed by atoms with Gasteiger partial charge >= 0.3 is 24.2 Å². The third-order valence-corrected chi connectivity index (χ3v) is 4.94. The number of imide groups is 1. The molecule has 0 saturated carbocycles. The summed E-state index contributed by atoms with van der Waals surface area (Å²) in [6.45, 7) is -0.380. The number of nitrogens with zero attached hydrogens (tertiary/aromatic N) is 3. The van der Waals surface area contributed by atoms with E-state index in [9.17, 15) is 34.2 Å². The van der Waals surface area contributed by atoms with E-state index in [2.05, 4.69) is 0 Å². The minimum atomic E-state index is -1.37. The Morgan fingerprint density at radius 2 is 1.96 bits per heavy atom. The lowest BCUT2D eigenvalue weighted by molar-refractivity contribution is -0.161. The standard InChI is InChI=1S/C14H16N4O8/c1-16(12(15)22)14(25)26-4-6-5-2-3-17(13(23)24)9-7(5)18(10(9)19)8(6)11(20)21/h5,7,9H,2-4H2,1H3,(H2,15,22)(H,20,21)(H,23,24)/t5?,7-,9+/m1/s1. The normalized spacial score (nSPS) is 26.2. The van der Waals surface area contributed by atoms with E-state index in [1.165, 1.54) is 0 Å². The van der Waals surface area contributed by atoms with Gasteiger partial charge in [-0.3, -0.25) is 14.6 Å². The molecule has 2 saturated heterocycles. The molecule has 3 aliphatic rings. The first-order valence-electron chi connectivity index (χ1n) is 7.65. The molecule has 3 atom stereocenters. The average molecular weight is 368 g/mol. The molecule has 4 N–H and O–H groups in total. The number of urea groups is 1. The fourth-order valence-corrected chi connectivity index (χ4v) is 3.73. The monoisotopic (exact) mass is 368 g/mol. The summed E-state index contributed by atoms with van der Waals surface area (Å²) < 4.78 is 4.95. The number of likely N-dealkylation sites (tertiary alicyclic amines) is 1. The van der Waals surface area contributed by atoms with E-state index < -0.39 is 54.7 Å². The molecule has 1 unspecified atom stereocenters. The van der Waals surface area contributed by atoms with Crippen LogP contribution in [0.2, 0.25) is 0 Å². The first-order chi connectivity index (χ1) is 12.2. The van der Waals surface area contributed by atoms with Crippen LogP contribution in [0.5, 0.6) is 0 Å².